The molecule has 1 aromatic rings. The van der Waals surface area contributed by atoms with E-state index in [0.29, 0.717) is 18.2 Å². The molecular weight excluding hydrogens is 250 g/mol. The topological polar surface area (TPSA) is 29.5 Å². The van der Waals surface area contributed by atoms with E-state index >= 15 is 0 Å². The lowest BCUT2D eigenvalue weighted by atomic mass is 10.0. The number of hydrogen-bond acceptors (Lipinski definition) is 3. The molecule has 0 unspecified atom stereocenters. The molecule has 0 saturated carbocycles. The number of hydrogen-bond donors (Lipinski definition) is 0. The molecule has 0 heterocycles. The van der Waals surface area contributed by atoms with Crippen LogP contribution in [0.5, 0.6) is 0 Å². The van der Waals surface area contributed by atoms with E-state index in [0.717, 1.165) is 5.56 Å². The fourth-order valence-electron chi connectivity index (χ4n) is 1.52. The zero-order chi connectivity index (χ0) is 13.8. The summed E-state index contributed by atoms with van der Waals surface area (Å²) in [5.41, 5.74) is 0.467. The summed E-state index contributed by atoms with van der Waals surface area (Å²) in [6.45, 7) is 6.61. The number of rotatable bonds is 5. The van der Waals surface area contributed by atoms with Gasteiger partial charge in [0.05, 0.1) is 6.61 Å². The minimum Gasteiger partial charge on any atom is -0.465 e. The molecule has 0 aliphatic rings. The Kier molecular flexibility index (Phi) is 5.17. The van der Waals surface area contributed by atoms with E-state index in [-0.39, 0.29) is 5.97 Å². The third-order valence-corrected chi connectivity index (χ3v) is 3.31. The number of ether oxygens (including phenoxy) is 1. The van der Waals surface area contributed by atoms with Crippen LogP contribution in [0.2, 0.25) is 5.02 Å². The maximum Gasteiger partial charge on any atom is 0.325 e. The summed E-state index contributed by atoms with van der Waals surface area (Å²) in [5, 5.41) is 0.714. The first kappa shape index (κ1) is 15.0. The van der Waals surface area contributed by atoms with Crippen LogP contribution in [-0.4, -0.2) is 30.1 Å². The number of esters is 1. The second-order valence-electron chi connectivity index (χ2n) is 4.76. The molecule has 0 fully saturated rings. The summed E-state index contributed by atoms with van der Waals surface area (Å²) in [6, 6.07) is 7.62. The van der Waals surface area contributed by atoms with E-state index in [1.165, 1.54) is 0 Å². The van der Waals surface area contributed by atoms with Gasteiger partial charge in [-0.2, -0.15) is 0 Å². The third kappa shape index (κ3) is 3.72. The summed E-state index contributed by atoms with van der Waals surface area (Å²) >= 11 is 5.84. The Balaban J connectivity index is 2.72. The molecule has 0 aliphatic carbocycles. The summed E-state index contributed by atoms with van der Waals surface area (Å²) in [4.78, 5) is 13.8. The normalized spacial score (nSPS) is 11.7. The van der Waals surface area contributed by atoms with Crippen molar-refractivity contribution in [1.82, 2.24) is 4.90 Å². The number of carbonyl (C=O) groups is 1. The first-order chi connectivity index (χ1) is 8.37. The molecule has 0 spiro atoms. The van der Waals surface area contributed by atoms with Crippen molar-refractivity contribution in [2.75, 3.05) is 13.7 Å². The molecule has 4 heteroatoms. The number of benzene rings is 1. The second kappa shape index (κ2) is 6.21. The van der Waals surface area contributed by atoms with Gasteiger partial charge in [-0.25, -0.2) is 0 Å². The Hall–Kier alpha value is -1.06. The van der Waals surface area contributed by atoms with Crippen LogP contribution in [0.1, 0.15) is 26.3 Å². The third-order valence-electron chi connectivity index (χ3n) is 3.06. The molecule has 1 rings (SSSR count). The average Bonchev–Trinajstić information content (AvgIpc) is 2.32. The molecular formula is C14H20ClNO2. The van der Waals surface area contributed by atoms with E-state index < -0.39 is 5.54 Å². The highest BCUT2D eigenvalue weighted by atomic mass is 35.5. The lowest BCUT2D eigenvalue weighted by Crippen LogP contribution is -2.48. The number of carbonyl (C=O) groups excluding carboxylic acids is 1. The zero-order valence-electron chi connectivity index (χ0n) is 11.4. The molecule has 18 heavy (non-hydrogen) atoms. The quantitative estimate of drug-likeness (QED) is 0.770. The van der Waals surface area contributed by atoms with Gasteiger partial charge in [-0.15, -0.1) is 0 Å². The van der Waals surface area contributed by atoms with Crippen molar-refractivity contribution in [3.8, 4) is 0 Å². The molecule has 100 valence electrons. The van der Waals surface area contributed by atoms with Crippen molar-refractivity contribution < 1.29 is 9.53 Å². The highest BCUT2D eigenvalue weighted by Gasteiger charge is 2.33. The molecule has 1 aromatic carbocycles. The maximum absolute atomic E-state index is 11.9. The van der Waals surface area contributed by atoms with Crippen molar-refractivity contribution >= 4 is 17.6 Å². The highest BCUT2D eigenvalue weighted by Crippen LogP contribution is 2.18. The molecule has 0 atom stereocenters. The number of halogens is 1. The molecule has 0 aromatic heterocycles. The van der Waals surface area contributed by atoms with Gasteiger partial charge in [-0.3, -0.25) is 9.69 Å². The minimum atomic E-state index is -0.643. The first-order valence-corrected chi connectivity index (χ1v) is 6.38. The molecule has 0 amide bonds. The fraction of sp³-hybridized carbons (Fsp3) is 0.500. The van der Waals surface area contributed by atoms with E-state index in [2.05, 4.69) is 0 Å². The van der Waals surface area contributed by atoms with Crippen LogP contribution < -0.4 is 0 Å². The van der Waals surface area contributed by atoms with Gasteiger partial charge in [0.15, 0.2) is 0 Å². The van der Waals surface area contributed by atoms with E-state index in [9.17, 15) is 4.79 Å². The summed E-state index contributed by atoms with van der Waals surface area (Å²) in [5.74, 6) is -0.207. The van der Waals surface area contributed by atoms with Crippen LogP contribution in [0, 0.1) is 0 Å². The average molecular weight is 270 g/mol. The van der Waals surface area contributed by atoms with Crippen molar-refractivity contribution in [1.29, 1.82) is 0 Å². The molecule has 0 N–H and O–H groups in total. The van der Waals surface area contributed by atoms with Crippen LogP contribution >= 0.6 is 11.6 Å². The van der Waals surface area contributed by atoms with Crippen molar-refractivity contribution in [3.63, 3.8) is 0 Å². The second-order valence-corrected chi connectivity index (χ2v) is 5.20. The van der Waals surface area contributed by atoms with Gasteiger partial charge in [0.25, 0.3) is 0 Å². The van der Waals surface area contributed by atoms with Crippen LogP contribution in [0.15, 0.2) is 24.3 Å². The standard InChI is InChI=1S/C14H20ClNO2/c1-5-18-13(17)14(2,3)16(4)10-11-6-8-12(15)9-7-11/h6-9H,5,10H2,1-4H3. The smallest absolute Gasteiger partial charge is 0.325 e. The van der Waals surface area contributed by atoms with Crippen molar-refractivity contribution in [2.24, 2.45) is 0 Å². The van der Waals surface area contributed by atoms with Crippen LogP contribution in [0.4, 0.5) is 0 Å². The monoisotopic (exact) mass is 269 g/mol. The Labute approximate surface area is 114 Å². The Bertz CT molecular complexity index is 401. The maximum atomic E-state index is 11.9. The lowest BCUT2D eigenvalue weighted by molar-refractivity contribution is -0.155. The van der Waals surface area contributed by atoms with Gasteiger partial charge in [0, 0.05) is 11.6 Å². The van der Waals surface area contributed by atoms with E-state index in [1.807, 2.05) is 57.0 Å². The Morgan fingerprint density at radius 2 is 1.89 bits per heavy atom. The van der Waals surface area contributed by atoms with E-state index in [1.54, 1.807) is 0 Å². The SMILES string of the molecule is CCOC(=O)C(C)(C)N(C)Cc1ccc(Cl)cc1. The summed E-state index contributed by atoms with van der Waals surface area (Å²) in [7, 11) is 1.91. The molecule has 0 bridgehead atoms. The van der Waals surface area contributed by atoms with E-state index in [4.69, 9.17) is 16.3 Å². The predicted molar refractivity (Wildman–Crippen MR) is 73.6 cm³/mol. The Morgan fingerprint density at radius 1 is 1.33 bits per heavy atom. The van der Waals surface area contributed by atoms with Crippen molar-refractivity contribution in [3.05, 3.63) is 34.9 Å². The van der Waals surface area contributed by atoms with Gasteiger partial charge in [-0.05, 0) is 45.5 Å². The van der Waals surface area contributed by atoms with Gasteiger partial charge in [0.2, 0.25) is 0 Å². The van der Waals surface area contributed by atoms with Gasteiger partial charge in [0.1, 0.15) is 5.54 Å². The minimum absolute atomic E-state index is 0.207. The van der Waals surface area contributed by atoms with Gasteiger partial charge in [-0.1, -0.05) is 23.7 Å². The molecule has 0 radical (unpaired) electrons. The van der Waals surface area contributed by atoms with Crippen LogP contribution in [0.25, 0.3) is 0 Å². The summed E-state index contributed by atoms with van der Waals surface area (Å²) < 4.78 is 5.08. The highest BCUT2D eigenvalue weighted by molar-refractivity contribution is 6.30. The lowest BCUT2D eigenvalue weighted by Gasteiger charge is -2.33. The number of nitrogens with zero attached hydrogens (tertiary/aromatic N) is 1. The first-order valence-electron chi connectivity index (χ1n) is 6.00. The van der Waals surface area contributed by atoms with Crippen LogP contribution in [-0.2, 0) is 16.1 Å². The van der Waals surface area contributed by atoms with Gasteiger partial charge >= 0.3 is 5.97 Å². The number of likely N-dealkylation sites (N-methyl/N-ethyl adjacent to an activating group) is 1. The van der Waals surface area contributed by atoms with Gasteiger partial charge < -0.3 is 4.74 Å². The molecule has 3 nitrogen and oxygen atoms in total. The Morgan fingerprint density at radius 3 is 2.39 bits per heavy atom. The van der Waals surface area contributed by atoms with Crippen molar-refractivity contribution in [2.45, 2.75) is 32.9 Å². The van der Waals surface area contributed by atoms with Crippen LogP contribution in [0.3, 0.4) is 0 Å². The largest absolute Gasteiger partial charge is 0.465 e. The summed E-state index contributed by atoms with van der Waals surface area (Å²) in [6.07, 6.45) is 0. The molecule has 0 saturated heterocycles. The molecule has 0 aliphatic heterocycles. The fourth-order valence-corrected chi connectivity index (χ4v) is 1.65. The zero-order valence-corrected chi connectivity index (χ0v) is 12.1. The predicted octanol–water partition coefficient (Wildman–Crippen LogP) is 3.11.